The Hall–Kier alpha value is -0.880. The number of aryl methyl sites for hydroxylation is 2. The molecule has 1 unspecified atom stereocenters. The van der Waals surface area contributed by atoms with Crippen LogP contribution in [-0.2, 0) is 10.0 Å². The topological polar surface area (TPSA) is 72.0 Å². The number of hydrogen-bond acceptors (Lipinski definition) is 4. The van der Waals surface area contributed by atoms with Crippen LogP contribution in [-0.4, -0.2) is 30.0 Å². The van der Waals surface area contributed by atoms with Gasteiger partial charge in [0.05, 0.1) is 5.75 Å². The zero-order valence-corrected chi connectivity index (χ0v) is 11.6. The molecule has 0 aromatic carbocycles. The van der Waals surface area contributed by atoms with Gasteiger partial charge >= 0.3 is 0 Å². The standard InChI is InChI=1S/C10H16ClN3O2S/c1-7(5-11)6-17(15,16)14-10-12-8(2)4-9(3)13-10/h4,7H,5-6H2,1-3H3,(H,12,13,14). The molecule has 1 rings (SSSR count). The number of anilines is 1. The van der Waals surface area contributed by atoms with Crippen LogP contribution in [0.15, 0.2) is 6.07 Å². The van der Waals surface area contributed by atoms with Gasteiger partial charge in [0, 0.05) is 17.3 Å². The summed E-state index contributed by atoms with van der Waals surface area (Å²) in [6, 6.07) is 1.78. The fraction of sp³-hybridized carbons (Fsp3) is 0.600. The third-order valence-corrected chi connectivity index (χ3v) is 4.02. The quantitative estimate of drug-likeness (QED) is 0.832. The smallest absolute Gasteiger partial charge is 0.236 e. The van der Waals surface area contributed by atoms with Crippen LogP contribution in [0.25, 0.3) is 0 Å². The molecule has 1 N–H and O–H groups in total. The molecule has 0 radical (unpaired) electrons. The Kier molecular flexibility index (Phi) is 4.70. The van der Waals surface area contributed by atoms with Crippen molar-refractivity contribution < 1.29 is 8.42 Å². The molecule has 7 heteroatoms. The number of aromatic nitrogens is 2. The molecule has 96 valence electrons. The molecule has 0 aliphatic heterocycles. The van der Waals surface area contributed by atoms with Gasteiger partial charge in [-0.25, -0.2) is 18.4 Å². The van der Waals surface area contributed by atoms with Crippen LogP contribution >= 0.6 is 11.6 Å². The van der Waals surface area contributed by atoms with Crippen LogP contribution < -0.4 is 4.72 Å². The average Bonchev–Trinajstić information content (AvgIpc) is 2.13. The van der Waals surface area contributed by atoms with Crippen LogP contribution in [0, 0.1) is 19.8 Å². The number of rotatable bonds is 5. The molecule has 0 fully saturated rings. The molecule has 0 bridgehead atoms. The summed E-state index contributed by atoms with van der Waals surface area (Å²) >= 11 is 5.59. The lowest BCUT2D eigenvalue weighted by Gasteiger charge is -2.10. The summed E-state index contributed by atoms with van der Waals surface area (Å²) in [4.78, 5) is 8.04. The molecule has 0 spiro atoms. The number of nitrogens with zero attached hydrogens (tertiary/aromatic N) is 2. The third-order valence-electron chi connectivity index (χ3n) is 2.00. The molecule has 1 aromatic heterocycles. The van der Waals surface area contributed by atoms with Gasteiger partial charge in [-0.15, -0.1) is 11.6 Å². The fourth-order valence-electron chi connectivity index (χ4n) is 1.37. The van der Waals surface area contributed by atoms with Crippen LogP contribution in [0.3, 0.4) is 0 Å². The second kappa shape index (κ2) is 5.64. The van der Waals surface area contributed by atoms with Crippen molar-refractivity contribution in [1.82, 2.24) is 9.97 Å². The van der Waals surface area contributed by atoms with E-state index in [9.17, 15) is 8.42 Å². The second-order valence-electron chi connectivity index (χ2n) is 4.12. The molecular formula is C10H16ClN3O2S. The number of alkyl halides is 1. The van der Waals surface area contributed by atoms with Crippen molar-refractivity contribution in [3.8, 4) is 0 Å². The third kappa shape index (κ3) is 4.87. The van der Waals surface area contributed by atoms with E-state index in [4.69, 9.17) is 11.6 Å². The van der Waals surface area contributed by atoms with E-state index in [2.05, 4.69) is 14.7 Å². The van der Waals surface area contributed by atoms with Gasteiger partial charge in [-0.2, -0.15) is 0 Å². The molecule has 0 aliphatic carbocycles. The molecule has 17 heavy (non-hydrogen) atoms. The monoisotopic (exact) mass is 277 g/mol. The first-order chi connectivity index (χ1) is 7.82. The summed E-state index contributed by atoms with van der Waals surface area (Å²) in [5, 5.41) is 0. The molecule has 1 aromatic rings. The van der Waals surface area contributed by atoms with Gasteiger partial charge in [0.15, 0.2) is 0 Å². The van der Waals surface area contributed by atoms with Gasteiger partial charge in [0.2, 0.25) is 16.0 Å². The van der Waals surface area contributed by atoms with Crippen molar-refractivity contribution >= 4 is 27.6 Å². The predicted octanol–water partition coefficient (Wildman–Crippen LogP) is 1.71. The highest BCUT2D eigenvalue weighted by atomic mass is 35.5. The van der Waals surface area contributed by atoms with Crippen molar-refractivity contribution in [1.29, 1.82) is 0 Å². The molecule has 5 nitrogen and oxygen atoms in total. The number of nitrogens with one attached hydrogen (secondary N) is 1. The van der Waals surface area contributed by atoms with Gasteiger partial charge in [0.1, 0.15) is 0 Å². The zero-order chi connectivity index (χ0) is 13.1. The first-order valence-corrected chi connectivity index (χ1v) is 7.40. The van der Waals surface area contributed by atoms with Crippen LogP contribution in [0.5, 0.6) is 0 Å². The highest BCUT2D eigenvalue weighted by molar-refractivity contribution is 7.92. The summed E-state index contributed by atoms with van der Waals surface area (Å²) in [5.74, 6) is 0.269. The van der Waals surface area contributed by atoms with Crippen molar-refractivity contribution in [2.75, 3.05) is 16.4 Å². The lowest BCUT2D eigenvalue weighted by Crippen LogP contribution is -2.23. The first kappa shape index (κ1) is 14.2. The van der Waals surface area contributed by atoms with E-state index < -0.39 is 10.0 Å². The second-order valence-corrected chi connectivity index (χ2v) is 6.19. The van der Waals surface area contributed by atoms with E-state index in [0.29, 0.717) is 5.88 Å². The summed E-state index contributed by atoms with van der Waals surface area (Å²) in [5.41, 5.74) is 1.45. The summed E-state index contributed by atoms with van der Waals surface area (Å²) in [7, 11) is -3.44. The van der Waals surface area contributed by atoms with E-state index in [1.807, 2.05) is 0 Å². The van der Waals surface area contributed by atoms with Crippen LogP contribution in [0.4, 0.5) is 5.95 Å². The number of halogens is 1. The number of sulfonamides is 1. The van der Waals surface area contributed by atoms with E-state index >= 15 is 0 Å². The minimum Gasteiger partial charge on any atom is -0.251 e. The fourth-order valence-corrected chi connectivity index (χ4v) is 2.93. The SMILES string of the molecule is Cc1cc(C)nc(NS(=O)(=O)CC(C)CCl)n1. The maximum absolute atomic E-state index is 11.7. The van der Waals surface area contributed by atoms with Crippen molar-refractivity contribution in [3.63, 3.8) is 0 Å². The molecule has 0 amide bonds. The highest BCUT2D eigenvalue weighted by Gasteiger charge is 2.16. The lowest BCUT2D eigenvalue weighted by molar-refractivity contribution is 0.588. The zero-order valence-electron chi connectivity index (χ0n) is 10.1. The van der Waals surface area contributed by atoms with Crippen molar-refractivity contribution in [2.45, 2.75) is 20.8 Å². The molecule has 0 saturated carbocycles. The van der Waals surface area contributed by atoms with Gasteiger partial charge in [-0.05, 0) is 25.8 Å². The van der Waals surface area contributed by atoms with E-state index in [0.717, 1.165) is 11.4 Å². The van der Waals surface area contributed by atoms with Gasteiger partial charge in [-0.1, -0.05) is 6.92 Å². The Morgan fingerprint density at radius 1 is 1.35 bits per heavy atom. The normalized spacial score (nSPS) is 13.4. The first-order valence-electron chi connectivity index (χ1n) is 5.21. The molecule has 0 saturated heterocycles. The molecule has 1 heterocycles. The Bertz CT molecular complexity index is 470. The minimum atomic E-state index is -3.44. The Morgan fingerprint density at radius 3 is 2.35 bits per heavy atom. The Morgan fingerprint density at radius 2 is 1.88 bits per heavy atom. The maximum Gasteiger partial charge on any atom is 0.236 e. The molecule has 0 aliphatic rings. The van der Waals surface area contributed by atoms with Crippen molar-refractivity contribution in [3.05, 3.63) is 17.5 Å². The van der Waals surface area contributed by atoms with E-state index in [1.165, 1.54) is 0 Å². The highest BCUT2D eigenvalue weighted by Crippen LogP contribution is 2.09. The van der Waals surface area contributed by atoms with E-state index in [1.54, 1.807) is 26.8 Å². The summed E-state index contributed by atoms with van der Waals surface area (Å²) in [6.07, 6.45) is 0. The van der Waals surface area contributed by atoms with Crippen LogP contribution in [0.1, 0.15) is 18.3 Å². The minimum absolute atomic E-state index is 0.0349. The predicted molar refractivity (Wildman–Crippen MR) is 68.8 cm³/mol. The maximum atomic E-state index is 11.7. The largest absolute Gasteiger partial charge is 0.251 e. The Balaban J connectivity index is 2.83. The van der Waals surface area contributed by atoms with Crippen molar-refractivity contribution in [2.24, 2.45) is 5.92 Å². The van der Waals surface area contributed by atoms with Gasteiger partial charge in [-0.3, -0.25) is 4.72 Å². The van der Waals surface area contributed by atoms with Crippen LogP contribution in [0.2, 0.25) is 0 Å². The van der Waals surface area contributed by atoms with Gasteiger partial charge in [0.25, 0.3) is 0 Å². The molecule has 1 atom stereocenters. The number of hydrogen-bond donors (Lipinski definition) is 1. The Labute approximate surface area is 107 Å². The molecular weight excluding hydrogens is 262 g/mol. The summed E-state index contributed by atoms with van der Waals surface area (Å²) in [6.45, 7) is 5.34. The van der Waals surface area contributed by atoms with Gasteiger partial charge < -0.3 is 0 Å². The lowest BCUT2D eigenvalue weighted by atomic mass is 10.3. The van der Waals surface area contributed by atoms with E-state index in [-0.39, 0.29) is 17.6 Å². The average molecular weight is 278 g/mol. The summed E-state index contributed by atoms with van der Waals surface area (Å²) < 4.78 is 25.8.